The van der Waals surface area contributed by atoms with Gasteiger partial charge in [-0.25, -0.2) is 0 Å². The molecule has 0 heterocycles. The summed E-state index contributed by atoms with van der Waals surface area (Å²) in [6.45, 7) is 1.96. The molecule has 0 aromatic heterocycles. The highest BCUT2D eigenvalue weighted by Crippen LogP contribution is 2.20. The molecule has 0 spiro atoms. The van der Waals surface area contributed by atoms with Gasteiger partial charge in [0.05, 0.1) is 0 Å². The normalized spacial score (nSPS) is 11.8. The van der Waals surface area contributed by atoms with Crippen LogP contribution >= 0.6 is 31.9 Å². The highest BCUT2D eigenvalue weighted by atomic mass is 79.9. The summed E-state index contributed by atoms with van der Waals surface area (Å²) in [5, 5.41) is 2.71. The number of primary amides is 1. The fourth-order valence-corrected chi connectivity index (χ4v) is 3.50. The number of nitrogens with one attached hydrogen (secondary N) is 1. The van der Waals surface area contributed by atoms with E-state index in [2.05, 4.69) is 37.2 Å². The van der Waals surface area contributed by atoms with Gasteiger partial charge in [-0.1, -0.05) is 56.1 Å². The maximum atomic E-state index is 12.4. The minimum Gasteiger partial charge on any atom is -0.368 e. The van der Waals surface area contributed by atoms with Crippen molar-refractivity contribution in [2.75, 3.05) is 0 Å². The number of rotatable bonds is 5. The predicted molar refractivity (Wildman–Crippen MR) is 97.2 cm³/mol. The first kappa shape index (κ1) is 17.7. The lowest BCUT2D eigenvalue weighted by atomic mass is 10.0. The third kappa shape index (κ3) is 4.91. The smallest absolute Gasteiger partial charge is 0.252 e. The van der Waals surface area contributed by atoms with Gasteiger partial charge in [-0.15, -0.1) is 0 Å². The summed E-state index contributed by atoms with van der Waals surface area (Å²) in [5.41, 5.74) is 7.93. The van der Waals surface area contributed by atoms with Crippen LogP contribution in [0.5, 0.6) is 0 Å². The van der Waals surface area contributed by atoms with E-state index < -0.39 is 11.9 Å². The highest BCUT2D eigenvalue weighted by molar-refractivity contribution is 9.11. The van der Waals surface area contributed by atoms with Crippen LogP contribution in [0.3, 0.4) is 0 Å². The zero-order chi connectivity index (χ0) is 17.0. The largest absolute Gasteiger partial charge is 0.368 e. The Bertz CT molecular complexity index is 727. The van der Waals surface area contributed by atoms with Gasteiger partial charge in [0, 0.05) is 20.9 Å². The molecule has 23 heavy (non-hydrogen) atoms. The van der Waals surface area contributed by atoms with Gasteiger partial charge in [0.2, 0.25) is 5.91 Å². The Kier molecular flexibility index (Phi) is 5.96. The predicted octanol–water partition coefficient (Wildman–Crippen LogP) is 3.35. The molecule has 0 radical (unpaired) electrons. The van der Waals surface area contributed by atoms with Crippen LogP contribution in [0.2, 0.25) is 0 Å². The second-order valence-corrected chi connectivity index (χ2v) is 7.05. The number of nitrogens with two attached hydrogens (primary N) is 1. The number of carbonyl (C=O) groups excluding carboxylic acids is 2. The van der Waals surface area contributed by atoms with E-state index in [1.807, 2.05) is 37.3 Å². The Balaban J connectivity index is 2.18. The molecule has 2 rings (SSSR count). The van der Waals surface area contributed by atoms with Crippen molar-refractivity contribution in [2.45, 2.75) is 19.4 Å². The van der Waals surface area contributed by atoms with E-state index in [0.29, 0.717) is 12.0 Å². The second-order valence-electron chi connectivity index (χ2n) is 5.22. The summed E-state index contributed by atoms with van der Waals surface area (Å²) in [4.78, 5) is 24.1. The van der Waals surface area contributed by atoms with Crippen LogP contribution in [-0.2, 0) is 11.2 Å². The lowest BCUT2D eigenvalue weighted by Gasteiger charge is -2.17. The Morgan fingerprint density at radius 2 is 1.74 bits per heavy atom. The molecule has 120 valence electrons. The van der Waals surface area contributed by atoms with Crippen molar-refractivity contribution in [1.29, 1.82) is 0 Å². The lowest BCUT2D eigenvalue weighted by Crippen LogP contribution is -2.46. The third-order valence-corrected chi connectivity index (χ3v) is 4.37. The quantitative estimate of drug-likeness (QED) is 0.749. The molecular weight excluding hydrogens is 424 g/mol. The zero-order valence-corrected chi connectivity index (χ0v) is 15.6. The van der Waals surface area contributed by atoms with Gasteiger partial charge in [-0.3, -0.25) is 9.59 Å². The van der Waals surface area contributed by atoms with Crippen LogP contribution < -0.4 is 11.1 Å². The molecular formula is C17H16Br2N2O2. The van der Waals surface area contributed by atoms with E-state index >= 15 is 0 Å². The van der Waals surface area contributed by atoms with Crippen molar-refractivity contribution in [3.8, 4) is 0 Å². The molecule has 4 nitrogen and oxygen atoms in total. The maximum Gasteiger partial charge on any atom is 0.252 e. The Morgan fingerprint density at radius 3 is 2.30 bits per heavy atom. The van der Waals surface area contributed by atoms with Crippen LogP contribution in [0.1, 0.15) is 21.5 Å². The topological polar surface area (TPSA) is 72.2 Å². The number of benzene rings is 2. The molecule has 0 unspecified atom stereocenters. The van der Waals surface area contributed by atoms with Crippen LogP contribution in [-0.4, -0.2) is 17.9 Å². The maximum absolute atomic E-state index is 12.4. The number of amides is 2. The standard InChI is InChI=1S/C17H16Br2N2O2/c1-10-4-2-3-5-11(10)8-15(16(20)22)21-17(23)12-6-13(18)9-14(19)7-12/h2-7,9,15H,8H2,1H3,(H2,20,22)(H,21,23)/t15-/m1/s1. The van der Waals surface area contributed by atoms with E-state index in [9.17, 15) is 9.59 Å². The van der Waals surface area contributed by atoms with E-state index in [0.717, 1.165) is 20.1 Å². The second kappa shape index (κ2) is 7.75. The molecule has 0 saturated heterocycles. The van der Waals surface area contributed by atoms with Gasteiger partial charge in [0.15, 0.2) is 0 Å². The van der Waals surface area contributed by atoms with Crippen LogP contribution in [0, 0.1) is 6.92 Å². The third-order valence-electron chi connectivity index (χ3n) is 3.46. The van der Waals surface area contributed by atoms with Crippen molar-refractivity contribution in [1.82, 2.24) is 5.32 Å². The van der Waals surface area contributed by atoms with Crippen molar-refractivity contribution >= 4 is 43.7 Å². The first-order valence-electron chi connectivity index (χ1n) is 6.97. The molecule has 1 atom stereocenters. The van der Waals surface area contributed by atoms with Crippen molar-refractivity contribution < 1.29 is 9.59 Å². The van der Waals surface area contributed by atoms with Crippen molar-refractivity contribution in [3.05, 3.63) is 68.1 Å². The molecule has 0 aliphatic heterocycles. The van der Waals surface area contributed by atoms with Gasteiger partial charge in [0.25, 0.3) is 5.91 Å². The van der Waals surface area contributed by atoms with Crippen molar-refractivity contribution in [2.24, 2.45) is 5.73 Å². The Labute approximate surface area is 151 Å². The minimum absolute atomic E-state index is 0.343. The van der Waals surface area contributed by atoms with Crippen molar-refractivity contribution in [3.63, 3.8) is 0 Å². The number of halogens is 2. The molecule has 0 aliphatic rings. The lowest BCUT2D eigenvalue weighted by molar-refractivity contribution is -0.119. The average molecular weight is 440 g/mol. The molecule has 0 saturated carbocycles. The van der Waals surface area contributed by atoms with E-state index in [-0.39, 0.29) is 5.91 Å². The van der Waals surface area contributed by atoms with E-state index in [1.165, 1.54) is 0 Å². The summed E-state index contributed by atoms with van der Waals surface area (Å²) in [5.74, 6) is -0.903. The van der Waals surface area contributed by atoms with Crippen LogP contribution in [0.25, 0.3) is 0 Å². The van der Waals surface area contributed by atoms with Gasteiger partial charge in [-0.2, -0.15) is 0 Å². The Morgan fingerprint density at radius 1 is 1.13 bits per heavy atom. The molecule has 3 N–H and O–H groups in total. The molecule has 2 aromatic rings. The SMILES string of the molecule is Cc1ccccc1C[C@@H](NC(=O)c1cc(Br)cc(Br)c1)C(N)=O. The molecule has 2 aromatic carbocycles. The molecule has 2 amide bonds. The molecule has 0 bridgehead atoms. The van der Waals surface area contributed by atoms with Crippen LogP contribution in [0.4, 0.5) is 0 Å². The summed E-state index contributed by atoms with van der Waals surface area (Å²) >= 11 is 6.68. The summed E-state index contributed by atoms with van der Waals surface area (Å²) in [7, 11) is 0. The zero-order valence-electron chi connectivity index (χ0n) is 12.5. The van der Waals surface area contributed by atoms with Gasteiger partial charge < -0.3 is 11.1 Å². The number of aryl methyl sites for hydroxylation is 1. The minimum atomic E-state index is -0.763. The fraction of sp³-hybridized carbons (Fsp3) is 0.176. The summed E-state index contributed by atoms with van der Waals surface area (Å²) in [6, 6.07) is 12.1. The first-order chi connectivity index (χ1) is 10.9. The van der Waals surface area contributed by atoms with Gasteiger partial charge in [-0.05, 0) is 36.2 Å². The molecule has 0 aliphatic carbocycles. The van der Waals surface area contributed by atoms with Crippen LogP contribution in [0.15, 0.2) is 51.4 Å². The summed E-state index contributed by atoms with van der Waals surface area (Å²) in [6.07, 6.45) is 0.364. The summed E-state index contributed by atoms with van der Waals surface area (Å²) < 4.78 is 1.54. The fourth-order valence-electron chi connectivity index (χ4n) is 2.21. The first-order valence-corrected chi connectivity index (χ1v) is 8.56. The van der Waals surface area contributed by atoms with E-state index in [1.54, 1.807) is 12.1 Å². The average Bonchev–Trinajstić information content (AvgIpc) is 2.47. The number of hydrogen-bond donors (Lipinski definition) is 2. The monoisotopic (exact) mass is 438 g/mol. The van der Waals surface area contributed by atoms with E-state index in [4.69, 9.17) is 5.73 Å². The highest BCUT2D eigenvalue weighted by Gasteiger charge is 2.20. The Hall–Kier alpha value is -1.66. The molecule has 6 heteroatoms. The number of hydrogen-bond acceptors (Lipinski definition) is 2. The molecule has 0 fully saturated rings. The number of carbonyl (C=O) groups is 2. The van der Waals surface area contributed by atoms with Gasteiger partial charge in [0.1, 0.15) is 6.04 Å². The van der Waals surface area contributed by atoms with Gasteiger partial charge >= 0.3 is 0 Å².